The number of amides is 1. The van der Waals surface area contributed by atoms with E-state index in [1.54, 1.807) is 42.5 Å². The van der Waals surface area contributed by atoms with Crippen LogP contribution in [0.5, 0.6) is 5.75 Å². The fourth-order valence-electron chi connectivity index (χ4n) is 2.66. The third-order valence-electron chi connectivity index (χ3n) is 4.15. The predicted molar refractivity (Wildman–Crippen MR) is 107 cm³/mol. The molecule has 0 aromatic heterocycles. The Balaban J connectivity index is 1.87. The molecule has 0 saturated carbocycles. The number of carbonyl (C=O) groups is 2. The summed E-state index contributed by atoms with van der Waals surface area (Å²) in [5, 5.41) is 3.20. The first-order chi connectivity index (χ1) is 13.0. The first-order valence-corrected chi connectivity index (χ1v) is 8.78. The van der Waals surface area contributed by atoms with Crippen molar-refractivity contribution in [3.05, 3.63) is 94.0 Å². The zero-order valence-electron chi connectivity index (χ0n) is 15.0. The van der Waals surface area contributed by atoms with E-state index in [2.05, 4.69) is 5.32 Å². The van der Waals surface area contributed by atoms with Gasteiger partial charge < -0.3 is 10.1 Å². The number of ether oxygens (including phenoxy) is 1. The number of hydrogen-bond donors (Lipinski definition) is 1. The van der Waals surface area contributed by atoms with Crippen LogP contribution < -0.4 is 10.1 Å². The van der Waals surface area contributed by atoms with Crippen molar-refractivity contribution in [1.82, 2.24) is 0 Å². The number of benzene rings is 3. The Morgan fingerprint density at radius 1 is 0.852 bits per heavy atom. The van der Waals surface area contributed by atoms with Crippen molar-refractivity contribution >= 4 is 29.2 Å². The molecule has 3 aromatic carbocycles. The minimum Gasteiger partial charge on any atom is -0.421 e. The Morgan fingerprint density at radius 3 is 2.07 bits per heavy atom. The zero-order valence-corrected chi connectivity index (χ0v) is 15.7. The molecule has 27 heavy (non-hydrogen) atoms. The number of halogens is 1. The van der Waals surface area contributed by atoms with Gasteiger partial charge in [-0.2, -0.15) is 0 Å². The fraction of sp³-hybridized carbons (Fsp3) is 0.0909. The van der Waals surface area contributed by atoms with E-state index in [0.29, 0.717) is 21.8 Å². The summed E-state index contributed by atoms with van der Waals surface area (Å²) >= 11 is 6.06. The second kappa shape index (κ2) is 8.06. The molecule has 3 aromatic rings. The molecular formula is C22H18ClNO3. The summed E-state index contributed by atoms with van der Waals surface area (Å²) in [6.07, 6.45) is 0. The molecule has 0 saturated heterocycles. The van der Waals surface area contributed by atoms with Gasteiger partial charge in [0, 0.05) is 10.6 Å². The van der Waals surface area contributed by atoms with Gasteiger partial charge in [-0.05, 0) is 55.3 Å². The van der Waals surface area contributed by atoms with Crippen LogP contribution in [0.1, 0.15) is 31.8 Å². The lowest BCUT2D eigenvalue weighted by Crippen LogP contribution is -2.16. The molecule has 0 heterocycles. The number of aryl methyl sites for hydroxylation is 2. The van der Waals surface area contributed by atoms with Gasteiger partial charge in [-0.1, -0.05) is 48.0 Å². The van der Waals surface area contributed by atoms with Crippen LogP contribution in [-0.2, 0) is 0 Å². The maximum absolute atomic E-state index is 12.6. The number of hydrogen-bond acceptors (Lipinski definition) is 3. The molecule has 0 bridgehead atoms. The standard InChI is InChI=1S/C22H18ClNO3/c1-14-7-3-5-9-17(14)21(25)24-19-13-16(23)11-12-20(19)27-22(26)18-10-6-4-8-15(18)2/h3-13H,1-2H3,(H,24,25). The summed E-state index contributed by atoms with van der Waals surface area (Å²) in [5.74, 6) is -0.569. The normalized spacial score (nSPS) is 10.3. The van der Waals surface area contributed by atoms with E-state index in [0.717, 1.165) is 11.1 Å². The van der Waals surface area contributed by atoms with Gasteiger partial charge in [-0.3, -0.25) is 4.79 Å². The average Bonchev–Trinajstić information content (AvgIpc) is 2.64. The summed E-state index contributed by atoms with van der Waals surface area (Å²) in [6, 6.07) is 19.1. The molecule has 4 nitrogen and oxygen atoms in total. The molecule has 0 unspecified atom stereocenters. The molecule has 1 amide bonds. The van der Waals surface area contributed by atoms with Gasteiger partial charge in [0.15, 0.2) is 5.75 Å². The molecule has 1 N–H and O–H groups in total. The molecule has 0 spiro atoms. The number of anilines is 1. The van der Waals surface area contributed by atoms with Crippen LogP contribution in [0.4, 0.5) is 5.69 Å². The largest absolute Gasteiger partial charge is 0.421 e. The first-order valence-electron chi connectivity index (χ1n) is 8.40. The van der Waals surface area contributed by atoms with Crippen LogP contribution in [0.2, 0.25) is 5.02 Å². The summed E-state index contributed by atoms with van der Waals surface area (Å²) in [4.78, 5) is 25.1. The van der Waals surface area contributed by atoms with Crippen LogP contribution in [0.15, 0.2) is 66.7 Å². The highest BCUT2D eigenvalue weighted by Gasteiger charge is 2.16. The highest BCUT2D eigenvalue weighted by atomic mass is 35.5. The monoisotopic (exact) mass is 379 g/mol. The Hall–Kier alpha value is -3.11. The van der Waals surface area contributed by atoms with Crippen molar-refractivity contribution in [1.29, 1.82) is 0 Å². The molecule has 3 rings (SSSR count). The fourth-order valence-corrected chi connectivity index (χ4v) is 2.84. The molecule has 0 atom stereocenters. The van der Waals surface area contributed by atoms with E-state index in [1.807, 2.05) is 38.1 Å². The maximum atomic E-state index is 12.6. The topological polar surface area (TPSA) is 55.4 Å². The number of nitrogens with one attached hydrogen (secondary N) is 1. The van der Waals surface area contributed by atoms with Gasteiger partial charge in [0.1, 0.15) is 0 Å². The number of rotatable bonds is 4. The lowest BCUT2D eigenvalue weighted by atomic mass is 10.1. The van der Waals surface area contributed by atoms with E-state index >= 15 is 0 Å². The van der Waals surface area contributed by atoms with Crippen molar-refractivity contribution < 1.29 is 14.3 Å². The highest BCUT2D eigenvalue weighted by molar-refractivity contribution is 6.31. The minimum absolute atomic E-state index is 0.231. The van der Waals surface area contributed by atoms with Crippen molar-refractivity contribution in [3.63, 3.8) is 0 Å². The number of carbonyl (C=O) groups excluding carboxylic acids is 2. The lowest BCUT2D eigenvalue weighted by molar-refractivity contribution is 0.0734. The molecule has 0 aliphatic rings. The molecule has 0 fully saturated rings. The van der Waals surface area contributed by atoms with E-state index in [9.17, 15) is 9.59 Å². The first kappa shape index (κ1) is 18.7. The highest BCUT2D eigenvalue weighted by Crippen LogP contribution is 2.29. The van der Waals surface area contributed by atoms with Gasteiger partial charge in [-0.15, -0.1) is 0 Å². The van der Waals surface area contributed by atoms with Crippen molar-refractivity contribution in [2.75, 3.05) is 5.32 Å². The molecule has 0 aliphatic heterocycles. The third-order valence-corrected chi connectivity index (χ3v) is 4.38. The van der Waals surface area contributed by atoms with Gasteiger partial charge in [0.25, 0.3) is 5.91 Å². The lowest BCUT2D eigenvalue weighted by Gasteiger charge is -2.13. The van der Waals surface area contributed by atoms with E-state index in [-0.39, 0.29) is 11.7 Å². The number of esters is 1. The summed E-state index contributed by atoms with van der Waals surface area (Å²) in [6.45, 7) is 3.69. The second-order valence-corrected chi connectivity index (χ2v) is 6.55. The molecule has 5 heteroatoms. The average molecular weight is 380 g/mol. The van der Waals surface area contributed by atoms with Crippen molar-refractivity contribution in [2.24, 2.45) is 0 Å². The summed E-state index contributed by atoms with van der Waals surface area (Å²) < 4.78 is 5.52. The minimum atomic E-state index is -0.498. The van der Waals surface area contributed by atoms with Gasteiger partial charge >= 0.3 is 5.97 Å². The van der Waals surface area contributed by atoms with Gasteiger partial charge in [0.05, 0.1) is 11.3 Å². The molecule has 0 aliphatic carbocycles. The van der Waals surface area contributed by atoms with Crippen LogP contribution in [-0.4, -0.2) is 11.9 Å². The Labute approximate surface area is 162 Å². The zero-order chi connectivity index (χ0) is 19.4. The van der Waals surface area contributed by atoms with E-state index in [1.165, 1.54) is 0 Å². The Morgan fingerprint density at radius 2 is 1.44 bits per heavy atom. The summed E-state index contributed by atoms with van der Waals surface area (Å²) in [7, 11) is 0. The summed E-state index contributed by atoms with van der Waals surface area (Å²) in [5.41, 5.74) is 2.98. The van der Waals surface area contributed by atoms with E-state index < -0.39 is 5.97 Å². The van der Waals surface area contributed by atoms with Gasteiger partial charge in [-0.25, -0.2) is 4.79 Å². The van der Waals surface area contributed by atoms with Crippen molar-refractivity contribution in [2.45, 2.75) is 13.8 Å². The second-order valence-electron chi connectivity index (χ2n) is 6.11. The van der Waals surface area contributed by atoms with E-state index in [4.69, 9.17) is 16.3 Å². The molecule has 0 radical (unpaired) electrons. The SMILES string of the molecule is Cc1ccccc1C(=O)Nc1cc(Cl)ccc1OC(=O)c1ccccc1C. The Bertz CT molecular complexity index is 1010. The van der Waals surface area contributed by atoms with Crippen LogP contribution in [0, 0.1) is 13.8 Å². The van der Waals surface area contributed by atoms with Crippen LogP contribution in [0.3, 0.4) is 0 Å². The predicted octanol–water partition coefficient (Wildman–Crippen LogP) is 5.43. The third kappa shape index (κ3) is 4.36. The molecule has 136 valence electrons. The van der Waals surface area contributed by atoms with Gasteiger partial charge in [0.2, 0.25) is 0 Å². The quantitative estimate of drug-likeness (QED) is 0.486. The Kier molecular flexibility index (Phi) is 5.57. The maximum Gasteiger partial charge on any atom is 0.343 e. The van der Waals surface area contributed by atoms with Crippen molar-refractivity contribution in [3.8, 4) is 5.75 Å². The van der Waals surface area contributed by atoms with Crippen LogP contribution in [0.25, 0.3) is 0 Å². The van der Waals surface area contributed by atoms with Crippen LogP contribution >= 0.6 is 11.6 Å². The smallest absolute Gasteiger partial charge is 0.343 e. The molecular weight excluding hydrogens is 362 g/mol.